The van der Waals surface area contributed by atoms with Crippen molar-refractivity contribution in [3.63, 3.8) is 0 Å². The van der Waals surface area contributed by atoms with E-state index in [0.29, 0.717) is 11.7 Å². The molecule has 1 unspecified atom stereocenters. The molecule has 1 N–H and O–H groups in total. The van der Waals surface area contributed by atoms with Crippen LogP contribution < -0.4 is 0 Å². The van der Waals surface area contributed by atoms with Crippen LogP contribution >= 0.6 is 0 Å². The first-order valence-corrected chi connectivity index (χ1v) is 9.60. The summed E-state index contributed by atoms with van der Waals surface area (Å²) in [7, 11) is 0. The van der Waals surface area contributed by atoms with Crippen molar-refractivity contribution in [3.05, 3.63) is 29.9 Å². The van der Waals surface area contributed by atoms with Crippen LogP contribution in [0.25, 0.3) is 11.4 Å². The molecule has 0 bridgehead atoms. The molecular formula is C20H27N3O3. The lowest BCUT2D eigenvalue weighted by atomic mass is 9.84. The maximum absolute atomic E-state index is 11.3. The highest BCUT2D eigenvalue weighted by Gasteiger charge is 2.23. The van der Waals surface area contributed by atoms with E-state index < -0.39 is 5.97 Å². The first-order chi connectivity index (χ1) is 12.6. The van der Waals surface area contributed by atoms with Crippen LogP contribution in [0.1, 0.15) is 75.3 Å². The standard InChI is InChI=1S/C20H27N3O3/c1-14-10-11-17(13-21-14)19-22-20(26-23-19)16(12-18(24)25)9-5-8-15-6-3-2-4-7-15/h10-11,13,15-16H,2-9,12H2,1H3,(H,24,25). The Hall–Kier alpha value is -2.24. The molecule has 2 aromatic rings. The maximum atomic E-state index is 11.3. The number of nitrogens with zero attached hydrogens (tertiary/aromatic N) is 3. The Bertz CT molecular complexity index is 705. The van der Waals surface area contributed by atoms with Gasteiger partial charge in [0.25, 0.3) is 0 Å². The van der Waals surface area contributed by atoms with E-state index >= 15 is 0 Å². The minimum atomic E-state index is -0.829. The Morgan fingerprint density at radius 2 is 2.12 bits per heavy atom. The third-order valence-electron chi connectivity index (χ3n) is 5.27. The van der Waals surface area contributed by atoms with Gasteiger partial charge in [0, 0.05) is 23.4 Å². The van der Waals surface area contributed by atoms with Gasteiger partial charge < -0.3 is 9.63 Å². The number of aromatic nitrogens is 3. The second-order valence-corrected chi connectivity index (χ2v) is 7.37. The minimum Gasteiger partial charge on any atom is -0.481 e. The predicted octanol–water partition coefficient (Wildman–Crippen LogP) is 4.75. The van der Waals surface area contributed by atoms with Crippen LogP contribution in [0.4, 0.5) is 0 Å². The minimum absolute atomic E-state index is 0.0262. The molecule has 1 aliphatic carbocycles. The quantitative estimate of drug-likeness (QED) is 0.733. The first kappa shape index (κ1) is 18.5. The van der Waals surface area contributed by atoms with Gasteiger partial charge in [0.15, 0.2) is 0 Å². The Labute approximate surface area is 154 Å². The van der Waals surface area contributed by atoms with E-state index in [0.717, 1.165) is 30.0 Å². The van der Waals surface area contributed by atoms with E-state index in [9.17, 15) is 9.90 Å². The number of aliphatic carboxylic acids is 1. The number of pyridine rings is 1. The van der Waals surface area contributed by atoms with Crippen LogP contribution in [0.3, 0.4) is 0 Å². The topological polar surface area (TPSA) is 89.1 Å². The number of aryl methyl sites for hydroxylation is 1. The molecule has 2 heterocycles. The van der Waals surface area contributed by atoms with Crippen LogP contribution in [0.15, 0.2) is 22.9 Å². The Morgan fingerprint density at radius 1 is 1.31 bits per heavy atom. The van der Waals surface area contributed by atoms with Crippen molar-refractivity contribution in [3.8, 4) is 11.4 Å². The molecule has 1 aliphatic rings. The molecule has 3 rings (SSSR count). The van der Waals surface area contributed by atoms with Crippen LogP contribution in [0.2, 0.25) is 0 Å². The summed E-state index contributed by atoms with van der Waals surface area (Å²) in [4.78, 5) is 20.0. The molecule has 1 fully saturated rings. The molecule has 1 atom stereocenters. The number of carbonyl (C=O) groups is 1. The van der Waals surface area contributed by atoms with Crippen LogP contribution in [-0.4, -0.2) is 26.2 Å². The van der Waals surface area contributed by atoms with Gasteiger partial charge in [-0.05, 0) is 31.4 Å². The molecule has 0 spiro atoms. The van der Waals surface area contributed by atoms with E-state index in [1.165, 1.54) is 38.5 Å². The smallest absolute Gasteiger partial charge is 0.304 e. The predicted molar refractivity (Wildman–Crippen MR) is 97.7 cm³/mol. The largest absolute Gasteiger partial charge is 0.481 e. The zero-order valence-corrected chi connectivity index (χ0v) is 15.4. The van der Waals surface area contributed by atoms with E-state index in [2.05, 4.69) is 15.1 Å². The highest BCUT2D eigenvalue weighted by molar-refractivity contribution is 5.67. The number of rotatable bonds is 8. The first-order valence-electron chi connectivity index (χ1n) is 9.60. The normalized spacial score (nSPS) is 16.5. The van der Waals surface area contributed by atoms with E-state index in [4.69, 9.17) is 4.52 Å². The zero-order valence-electron chi connectivity index (χ0n) is 15.4. The van der Waals surface area contributed by atoms with Crippen molar-refractivity contribution < 1.29 is 14.4 Å². The molecule has 6 nitrogen and oxygen atoms in total. The van der Waals surface area contributed by atoms with E-state index in [1.54, 1.807) is 6.20 Å². The fourth-order valence-corrected chi connectivity index (χ4v) is 3.77. The molecule has 1 saturated carbocycles. The third kappa shape index (κ3) is 5.13. The Morgan fingerprint density at radius 3 is 2.81 bits per heavy atom. The number of hydrogen-bond donors (Lipinski definition) is 1. The fraction of sp³-hybridized carbons (Fsp3) is 0.600. The number of carboxylic acid groups (broad SMARTS) is 1. The summed E-state index contributed by atoms with van der Waals surface area (Å²) in [6.45, 7) is 1.92. The Kier molecular flexibility index (Phi) is 6.36. The summed E-state index contributed by atoms with van der Waals surface area (Å²) in [6, 6.07) is 3.79. The molecule has 0 aromatic carbocycles. The molecule has 0 saturated heterocycles. The summed E-state index contributed by atoms with van der Waals surface area (Å²) < 4.78 is 5.40. The number of hydrogen-bond acceptors (Lipinski definition) is 5. The van der Waals surface area contributed by atoms with Gasteiger partial charge in [-0.25, -0.2) is 0 Å². The lowest BCUT2D eigenvalue weighted by Crippen LogP contribution is -2.10. The highest BCUT2D eigenvalue weighted by Crippen LogP contribution is 2.31. The van der Waals surface area contributed by atoms with Crippen molar-refractivity contribution in [2.75, 3.05) is 0 Å². The van der Waals surface area contributed by atoms with Gasteiger partial charge in [0.2, 0.25) is 11.7 Å². The van der Waals surface area contributed by atoms with Crippen LogP contribution in [-0.2, 0) is 4.79 Å². The third-order valence-corrected chi connectivity index (χ3v) is 5.27. The lowest BCUT2D eigenvalue weighted by molar-refractivity contribution is -0.137. The maximum Gasteiger partial charge on any atom is 0.304 e. The van der Waals surface area contributed by atoms with Crippen molar-refractivity contribution in [1.29, 1.82) is 0 Å². The average molecular weight is 357 g/mol. The molecule has 0 radical (unpaired) electrons. The Balaban J connectivity index is 1.63. The van der Waals surface area contributed by atoms with Crippen molar-refractivity contribution in [2.24, 2.45) is 5.92 Å². The molecular weight excluding hydrogens is 330 g/mol. The summed E-state index contributed by atoms with van der Waals surface area (Å²) in [6.07, 6.45) is 11.3. The molecule has 0 aliphatic heterocycles. The van der Waals surface area contributed by atoms with Gasteiger partial charge in [0.1, 0.15) is 0 Å². The van der Waals surface area contributed by atoms with Gasteiger partial charge in [-0.2, -0.15) is 4.98 Å². The number of carboxylic acids is 1. The van der Waals surface area contributed by atoms with Crippen molar-refractivity contribution in [1.82, 2.24) is 15.1 Å². The van der Waals surface area contributed by atoms with Gasteiger partial charge in [-0.15, -0.1) is 0 Å². The summed E-state index contributed by atoms with van der Waals surface area (Å²) >= 11 is 0. The second kappa shape index (κ2) is 8.92. The van der Waals surface area contributed by atoms with Crippen molar-refractivity contribution in [2.45, 2.75) is 70.6 Å². The molecule has 6 heteroatoms. The SMILES string of the molecule is Cc1ccc(-c2noc(C(CCCC3CCCCC3)CC(=O)O)n2)cn1. The van der Waals surface area contributed by atoms with E-state index in [-0.39, 0.29) is 12.3 Å². The van der Waals surface area contributed by atoms with E-state index in [1.807, 2.05) is 19.1 Å². The van der Waals surface area contributed by atoms with Gasteiger partial charge in [-0.1, -0.05) is 50.1 Å². The van der Waals surface area contributed by atoms with Crippen LogP contribution in [0, 0.1) is 12.8 Å². The summed E-state index contributed by atoms with van der Waals surface area (Å²) in [5.41, 5.74) is 1.70. The monoisotopic (exact) mass is 357 g/mol. The summed E-state index contributed by atoms with van der Waals surface area (Å²) in [5, 5.41) is 13.3. The molecule has 0 amide bonds. The second-order valence-electron chi connectivity index (χ2n) is 7.37. The zero-order chi connectivity index (χ0) is 18.4. The van der Waals surface area contributed by atoms with Gasteiger partial charge in [0.05, 0.1) is 6.42 Å². The fourth-order valence-electron chi connectivity index (χ4n) is 3.77. The van der Waals surface area contributed by atoms with Gasteiger partial charge >= 0.3 is 5.97 Å². The highest BCUT2D eigenvalue weighted by atomic mass is 16.5. The summed E-state index contributed by atoms with van der Waals surface area (Å²) in [5.74, 6) is 0.632. The molecule has 26 heavy (non-hydrogen) atoms. The van der Waals surface area contributed by atoms with Gasteiger partial charge in [-0.3, -0.25) is 9.78 Å². The average Bonchev–Trinajstić information content (AvgIpc) is 3.12. The molecule has 140 valence electrons. The van der Waals surface area contributed by atoms with Crippen LogP contribution in [0.5, 0.6) is 0 Å². The molecule has 2 aromatic heterocycles. The van der Waals surface area contributed by atoms with Crippen molar-refractivity contribution >= 4 is 5.97 Å². The lowest BCUT2D eigenvalue weighted by Gasteiger charge is -2.21.